The summed E-state index contributed by atoms with van der Waals surface area (Å²) in [6, 6.07) is 5.86. The minimum absolute atomic E-state index is 0.00644. The molecule has 5 rings (SSSR count). The molecule has 0 radical (unpaired) electrons. The number of nitrogens with one attached hydrogen (secondary N) is 1. The van der Waals surface area contributed by atoms with Crippen LogP contribution in [0.5, 0.6) is 0 Å². The van der Waals surface area contributed by atoms with E-state index in [0.29, 0.717) is 36.3 Å². The van der Waals surface area contributed by atoms with Gasteiger partial charge in [-0.05, 0) is 56.4 Å². The van der Waals surface area contributed by atoms with Gasteiger partial charge in [0.25, 0.3) is 5.91 Å². The Balaban J connectivity index is 1.25. The molecule has 1 saturated heterocycles. The highest BCUT2D eigenvalue weighted by atomic mass is 35.5. The third-order valence-electron chi connectivity index (χ3n) is 6.52. The number of nitrogens with zero attached hydrogens (tertiary/aromatic N) is 4. The lowest BCUT2D eigenvalue weighted by Gasteiger charge is -2.36. The summed E-state index contributed by atoms with van der Waals surface area (Å²) in [6.07, 6.45) is 8.45. The summed E-state index contributed by atoms with van der Waals surface area (Å²) >= 11 is 6.18. The molecule has 9 heteroatoms. The number of carbonyl (C=O) groups excluding carboxylic acids is 2. The SMILES string of the molecule is O=C(NC1CCC2(CC1)CCN(c1ccc(F)cc1Cl)C2=O)c1cnn2cccnc12. The predicted octanol–water partition coefficient (Wildman–Crippen LogP) is 3.62. The van der Waals surface area contributed by atoms with E-state index in [-0.39, 0.29) is 22.9 Å². The minimum atomic E-state index is -0.440. The molecule has 2 aliphatic rings. The van der Waals surface area contributed by atoms with Crippen molar-refractivity contribution in [3.63, 3.8) is 0 Å². The Bertz CT molecular complexity index is 1170. The number of amides is 2. The molecule has 2 aromatic heterocycles. The van der Waals surface area contributed by atoms with Crippen molar-refractivity contribution >= 4 is 34.7 Å². The fourth-order valence-corrected chi connectivity index (χ4v) is 5.05. The fourth-order valence-electron chi connectivity index (χ4n) is 4.78. The third-order valence-corrected chi connectivity index (χ3v) is 6.82. The molecular weight excluding hydrogens is 421 g/mol. The van der Waals surface area contributed by atoms with Gasteiger partial charge < -0.3 is 10.2 Å². The number of anilines is 1. The van der Waals surface area contributed by atoms with Gasteiger partial charge in [-0.2, -0.15) is 5.10 Å². The number of hydrogen-bond donors (Lipinski definition) is 1. The Morgan fingerprint density at radius 1 is 1.26 bits per heavy atom. The van der Waals surface area contributed by atoms with E-state index in [0.717, 1.165) is 19.3 Å². The van der Waals surface area contributed by atoms with Crippen LogP contribution in [0.15, 0.2) is 42.9 Å². The highest BCUT2D eigenvalue weighted by Gasteiger charge is 2.49. The first kappa shape index (κ1) is 19.9. The summed E-state index contributed by atoms with van der Waals surface area (Å²) in [5, 5.41) is 7.48. The standard InChI is InChI=1S/C22H21ClFN5O2/c23-17-12-14(24)2-3-18(17)28-11-8-22(21(28)31)6-4-15(5-7-22)27-20(30)16-13-26-29-10-1-9-25-19(16)29/h1-3,9-10,12-13,15H,4-8,11H2,(H,27,30). The molecule has 3 aromatic rings. The average molecular weight is 442 g/mol. The van der Waals surface area contributed by atoms with Gasteiger partial charge in [0.1, 0.15) is 11.4 Å². The average Bonchev–Trinajstić information content (AvgIpc) is 3.33. The molecule has 160 valence electrons. The lowest BCUT2D eigenvalue weighted by atomic mass is 9.71. The summed E-state index contributed by atoms with van der Waals surface area (Å²) in [7, 11) is 0. The lowest BCUT2D eigenvalue weighted by Crippen LogP contribution is -2.43. The molecule has 0 atom stereocenters. The van der Waals surface area contributed by atoms with Gasteiger partial charge in [-0.15, -0.1) is 0 Å². The zero-order valence-electron chi connectivity index (χ0n) is 16.7. The number of halogens is 2. The van der Waals surface area contributed by atoms with Gasteiger partial charge in [0.05, 0.1) is 22.3 Å². The fraction of sp³-hybridized carbons (Fsp3) is 0.364. The second-order valence-corrected chi connectivity index (χ2v) is 8.68. The van der Waals surface area contributed by atoms with Crippen molar-refractivity contribution in [3.05, 3.63) is 59.3 Å². The van der Waals surface area contributed by atoms with Crippen LogP contribution in [0.25, 0.3) is 5.65 Å². The van der Waals surface area contributed by atoms with Crippen molar-refractivity contribution in [2.75, 3.05) is 11.4 Å². The summed E-state index contributed by atoms with van der Waals surface area (Å²) in [5.41, 5.74) is 1.08. The van der Waals surface area contributed by atoms with Crippen LogP contribution in [0.1, 0.15) is 42.5 Å². The first-order valence-corrected chi connectivity index (χ1v) is 10.7. The topological polar surface area (TPSA) is 79.6 Å². The monoisotopic (exact) mass is 441 g/mol. The van der Waals surface area contributed by atoms with Crippen LogP contribution < -0.4 is 10.2 Å². The predicted molar refractivity (Wildman–Crippen MR) is 114 cm³/mol. The lowest BCUT2D eigenvalue weighted by molar-refractivity contribution is -0.127. The molecule has 1 aromatic carbocycles. The van der Waals surface area contributed by atoms with Crippen molar-refractivity contribution in [2.45, 2.75) is 38.1 Å². The zero-order valence-corrected chi connectivity index (χ0v) is 17.5. The second-order valence-electron chi connectivity index (χ2n) is 8.28. The van der Waals surface area contributed by atoms with E-state index in [4.69, 9.17) is 11.6 Å². The van der Waals surface area contributed by atoms with Gasteiger partial charge in [-0.1, -0.05) is 11.6 Å². The van der Waals surface area contributed by atoms with Crippen LogP contribution >= 0.6 is 11.6 Å². The normalized spacial score (nSPS) is 23.6. The van der Waals surface area contributed by atoms with E-state index in [1.807, 2.05) is 0 Å². The molecule has 7 nitrogen and oxygen atoms in total. The Morgan fingerprint density at radius 3 is 2.84 bits per heavy atom. The Labute approximate surface area is 183 Å². The molecule has 2 fully saturated rings. The maximum absolute atomic E-state index is 13.4. The van der Waals surface area contributed by atoms with Crippen LogP contribution in [-0.4, -0.2) is 39.0 Å². The van der Waals surface area contributed by atoms with Gasteiger partial charge in [-0.3, -0.25) is 9.59 Å². The number of benzene rings is 1. The van der Waals surface area contributed by atoms with Crippen LogP contribution in [0, 0.1) is 11.2 Å². The van der Waals surface area contributed by atoms with Gasteiger partial charge in [0.2, 0.25) is 5.91 Å². The van der Waals surface area contributed by atoms with E-state index in [9.17, 15) is 14.0 Å². The van der Waals surface area contributed by atoms with Crippen molar-refractivity contribution in [1.82, 2.24) is 19.9 Å². The maximum Gasteiger partial charge on any atom is 0.256 e. The molecule has 1 spiro atoms. The van der Waals surface area contributed by atoms with Gasteiger partial charge >= 0.3 is 0 Å². The van der Waals surface area contributed by atoms with E-state index in [1.165, 1.54) is 18.3 Å². The minimum Gasteiger partial charge on any atom is -0.349 e. The molecule has 1 aliphatic heterocycles. The molecule has 1 N–H and O–H groups in total. The second kappa shape index (κ2) is 7.60. The molecule has 1 saturated carbocycles. The quantitative estimate of drug-likeness (QED) is 0.673. The summed E-state index contributed by atoms with van der Waals surface area (Å²) < 4.78 is 15.0. The number of rotatable bonds is 3. The molecule has 2 amide bonds. The van der Waals surface area contributed by atoms with E-state index in [1.54, 1.807) is 33.9 Å². The molecular formula is C22H21ClFN5O2. The van der Waals surface area contributed by atoms with Crippen LogP contribution in [0.2, 0.25) is 5.02 Å². The zero-order chi connectivity index (χ0) is 21.6. The van der Waals surface area contributed by atoms with Crippen molar-refractivity contribution in [2.24, 2.45) is 5.41 Å². The van der Waals surface area contributed by atoms with E-state index < -0.39 is 11.2 Å². The Kier molecular flexibility index (Phi) is 4.89. The van der Waals surface area contributed by atoms with Crippen LogP contribution in [-0.2, 0) is 4.79 Å². The van der Waals surface area contributed by atoms with E-state index >= 15 is 0 Å². The Hall–Kier alpha value is -3.00. The van der Waals surface area contributed by atoms with Gasteiger partial charge in [0.15, 0.2) is 5.65 Å². The molecule has 31 heavy (non-hydrogen) atoms. The Morgan fingerprint density at radius 2 is 2.06 bits per heavy atom. The van der Waals surface area contributed by atoms with Crippen molar-refractivity contribution in [3.8, 4) is 0 Å². The van der Waals surface area contributed by atoms with Crippen molar-refractivity contribution in [1.29, 1.82) is 0 Å². The highest BCUT2D eigenvalue weighted by Crippen LogP contribution is 2.47. The van der Waals surface area contributed by atoms with E-state index in [2.05, 4.69) is 15.4 Å². The summed E-state index contributed by atoms with van der Waals surface area (Å²) in [4.78, 5) is 31.9. The maximum atomic E-state index is 13.4. The summed E-state index contributed by atoms with van der Waals surface area (Å²) in [5.74, 6) is -0.586. The summed E-state index contributed by atoms with van der Waals surface area (Å²) in [6.45, 7) is 0.565. The molecule has 3 heterocycles. The number of carbonyl (C=O) groups is 2. The highest BCUT2D eigenvalue weighted by molar-refractivity contribution is 6.34. The van der Waals surface area contributed by atoms with Crippen LogP contribution in [0.4, 0.5) is 10.1 Å². The third kappa shape index (κ3) is 3.44. The first-order valence-electron chi connectivity index (χ1n) is 10.3. The number of aromatic nitrogens is 3. The van der Waals surface area contributed by atoms with Gasteiger partial charge in [-0.25, -0.2) is 13.9 Å². The van der Waals surface area contributed by atoms with Gasteiger partial charge in [0, 0.05) is 25.0 Å². The molecule has 0 bridgehead atoms. The number of fused-ring (bicyclic) bond motifs is 1. The van der Waals surface area contributed by atoms with Crippen LogP contribution in [0.3, 0.4) is 0 Å². The first-order chi connectivity index (χ1) is 15.0. The van der Waals surface area contributed by atoms with Crippen molar-refractivity contribution < 1.29 is 14.0 Å². The largest absolute Gasteiger partial charge is 0.349 e. The molecule has 1 aliphatic carbocycles. The molecule has 0 unspecified atom stereocenters. The number of hydrogen-bond acceptors (Lipinski definition) is 4. The smallest absolute Gasteiger partial charge is 0.256 e.